The number of nitrogens with two attached hydrogens (primary N) is 1. The summed E-state index contributed by atoms with van der Waals surface area (Å²) < 4.78 is 1.13. The van der Waals surface area contributed by atoms with E-state index in [2.05, 4.69) is 65.3 Å². The van der Waals surface area contributed by atoms with Crippen LogP contribution in [-0.2, 0) is 6.42 Å². The van der Waals surface area contributed by atoms with Gasteiger partial charge in [-0.3, -0.25) is 0 Å². The lowest BCUT2D eigenvalue weighted by Crippen LogP contribution is -2.18. The second-order valence-electron chi connectivity index (χ2n) is 6.16. The van der Waals surface area contributed by atoms with Crippen LogP contribution in [0.15, 0.2) is 46.9 Å². The van der Waals surface area contributed by atoms with Gasteiger partial charge in [0.05, 0.1) is 0 Å². The van der Waals surface area contributed by atoms with Gasteiger partial charge in [-0.1, -0.05) is 57.9 Å². The predicted molar refractivity (Wildman–Crippen MR) is 92.5 cm³/mol. The smallest absolute Gasteiger partial charge is 0.0312 e. The van der Waals surface area contributed by atoms with E-state index in [1.54, 1.807) is 0 Å². The number of benzene rings is 2. The minimum atomic E-state index is 0.0930. The third-order valence-electron chi connectivity index (χ3n) is 4.58. The summed E-state index contributed by atoms with van der Waals surface area (Å²) >= 11 is 3.65. The molecule has 1 aliphatic carbocycles. The van der Waals surface area contributed by atoms with Crippen LogP contribution in [0.3, 0.4) is 0 Å². The van der Waals surface area contributed by atoms with Gasteiger partial charge in [-0.25, -0.2) is 0 Å². The highest BCUT2D eigenvalue weighted by atomic mass is 79.9. The SMILES string of the molecule is Cc1ccc(Br)c(C(N)CC2CCCc3ccccc32)c1. The quantitative estimate of drug-likeness (QED) is 0.807. The van der Waals surface area contributed by atoms with Crippen LogP contribution in [0.25, 0.3) is 0 Å². The highest BCUT2D eigenvalue weighted by Crippen LogP contribution is 2.38. The van der Waals surface area contributed by atoms with E-state index in [4.69, 9.17) is 5.73 Å². The molecule has 0 heterocycles. The molecule has 0 amide bonds. The van der Waals surface area contributed by atoms with Gasteiger partial charge in [0.15, 0.2) is 0 Å². The minimum Gasteiger partial charge on any atom is -0.324 e. The molecule has 110 valence electrons. The van der Waals surface area contributed by atoms with Gasteiger partial charge in [-0.15, -0.1) is 0 Å². The van der Waals surface area contributed by atoms with Crippen molar-refractivity contribution < 1.29 is 0 Å². The Labute approximate surface area is 135 Å². The van der Waals surface area contributed by atoms with E-state index in [9.17, 15) is 0 Å². The van der Waals surface area contributed by atoms with Gasteiger partial charge in [0.25, 0.3) is 0 Å². The van der Waals surface area contributed by atoms with Crippen molar-refractivity contribution in [2.45, 2.75) is 44.6 Å². The molecule has 0 aliphatic heterocycles. The van der Waals surface area contributed by atoms with Gasteiger partial charge in [0.2, 0.25) is 0 Å². The molecule has 2 unspecified atom stereocenters. The Morgan fingerprint density at radius 3 is 2.90 bits per heavy atom. The van der Waals surface area contributed by atoms with Gasteiger partial charge in [-0.05, 0) is 61.3 Å². The summed E-state index contributed by atoms with van der Waals surface area (Å²) in [6, 6.07) is 15.4. The van der Waals surface area contributed by atoms with Crippen molar-refractivity contribution in [2.75, 3.05) is 0 Å². The van der Waals surface area contributed by atoms with E-state index >= 15 is 0 Å². The maximum Gasteiger partial charge on any atom is 0.0312 e. The molecule has 0 aromatic heterocycles. The summed E-state index contributed by atoms with van der Waals surface area (Å²) in [4.78, 5) is 0. The van der Waals surface area contributed by atoms with Gasteiger partial charge in [0, 0.05) is 10.5 Å². The van der Waals surface area contributed by atoms with Crippen molar-refractivity contribution in [1.29, 1.82) is 0 Å². The molecule has 2 aromatic carbocycles. The van der Waals surface area contributed by atoms with Crippen LogP contribution in [0.5, 0.6) is 0 Å². The predicted octanol–water partition coefficient (Wildman–Crippen LogP) is 5.27. The van der Waals surface area contributed by atoms with E-state index < -0.39 is 0 Å². The molecular weight excluding hydrogens is 322 g/mol. The van der Waals surface area contributed by atoms with Crippen molar-refractivity contribution >= 4 is 15.9 Å². The van der Waals surface area contributed by atoms with Crippen LogP contribution in [0.2, 0.25) is 0 Å². The average molecular weight is 344 g/mol. The van der Waals surface area contributed by atoms with Crippen LogP contribution in [-0.4, -0.2) is 0 Å². The molecule has 2 N–H and O–H groups in total. The highest BCUT2D eigenvalue weighted by molar-refractivity contribution is 9.10. The number of hydrogen-bond donors (Lipinski definition) is 1. The van der Waals surface area contributed by atoms with Gasteiger partial charge < -0.3 is 5.73 Å². The second kappa shape index (κ2) is 6.33. The molecule has 1 aliphatic rings. The Hall–Kier alpha value is -1.12. The van der Waals surface area contributed by atoms with Crippen molar-refractivity contribution in [3.63, 3.8) is 0 Å². The van der Waals surface area contributed by atoms with Crippen molar-refractivity contribution in [3.05, 3.63) is 69.2 Å². The summed E-state index contributed by atoms with van der Waals surface area (Å²) in [6.45, 7) is 2.12. The second-order valence-corrected chi connectivity index (χ2v) is 7.01. The first kappa shape index (κ1) is 14.8. The summed E-state index contributed by atoms with van der Waals surface area (Å²) in [7, 11) is 0. The molecule has 0 radical (unpaired) electrons. The monoisotopic (exact) mass is 343 g/mol. The number of halogens is 1. The summed E-state index contributed by atoms with van der Waals surface area (Å²) in [6.07, 6.45) is 4.78. The van der Waals surface area contributed by atoms with Gasteiger partial charge in [-0.2, -0.15) is 0 Å². The molecule has 0 saturated carbocycles. The third kappa shape index (κ3) is 3.22. The summed E-state index contributed by atoms with van der Waals surface area (Å²) in [5, 5.41) is 0. The standard InChI is InChI=1S/C19H22BrN/c1-13-9-10-18(20)17(11-13)19(21)12-15-7-4-6-14-5-2-3-8-16(14)15/h2-3,5,8-11,15,19H,4,6-7,12,21H2,1H3. The van der Waals surface area contributed by atoms with Crippen LogP contribution in [0, 0.1) is 6.92 Å². The largest absolute Gasteiger partial charge is 0.324 e. The first-order valence-electron chi connectivity index (χ1n) is 7.74. The summed E-state index contributed by atoms with van der Waals surface area (Å²) in [5.41, 5.74) is 12.1. The van der Waals surface area contributed by atoms with Crippen molar-refractivity contribution in [3.8, 4) is 0 Å². The van der Waals surface area contributed by atoms with Crippen LogP contribution >= 0.6 is 15.9 Å². The minimum absolute atomic E-state index is 0.0930. The molecule has 21 heavy (non-hydrogen) atoms. The Bertz CT molecular complexity index is 635. The number of aryl methyl sites for hydroxylation is 2. The van der Waals surface area contributed by atoms with Gasteiger partial charge >= 0.3 is 0 Å². The van der Waals surface area contributed by atoms with Crippen LogP contribution in [0.4, 0.5) is 0 Å². The molecule has 0 spiro atoms. The molecule has 3 rings (SSSR count). The van der Waals surface area contributed by atoms with E-state index in [0.29, 0.717) is 5.92 Å². The van der Waals surface area contributed by atoms with E-state index in [1.165, 1.54) is 41.5 Å². The number of rotatable bonds is 3. The fourth-order valence-corrected chi connectivity index (χ4v) is 4.02. The highest BCUT2D eigenvalue weighted by Gasteiger charge is 2.23. The summed E-state index contributed by atoms with van der Waals surface area (Å²) in [5.74, 6) is 0.595. The maximum absolute atomic E-state index is 6.52. The zero-order valence-electron chi connectivity index (χ0n) is 12.5. The zero-order chi connectivity index (χ0) is 14.8. The molecule has 0 fully saturated rings. The molecule has 2 aromatic rings. The Morgan fingerprint density at radius 1 is 1.24 bits per heavy atom. The molecule has 0 bridgehead atoms. The molecule has 1 nitrogen and oxygen atoms in total. The van der Waals surface area contributed by atoms with Crippen LogP contribution in [0.1, 0.15) is 53.5 Å². The van der Waals surface area contributed by atoms with E-state index in [1.807, 2.05) is 0 Å². The Kier molecular flexibility index (Phi) is 4.46. The van der Waals surface area contributed by atoms with Crippen LogP contribution < -0.4 is 5.73 Å². The normalized spacial score (nSPS) is 19.1. The van der Waals surface area contributed by atoms with Gasteiger partial charge in [0.1, 0.15) is 0 Å². The Morgan fingerprint density at radius 2 is 2.05 bits per heavy atom. The number of fused-ring (bicyclic) bond motifs is 1. The third-order valence-corrected chi connectivity index (χ3v) is 5.31. The van der Waals surface area contributed by atoms with Crippen molar-refractivity contribution in [1.82, 2.24) is 0 Å². The molecular formula is C19H22BrN. The molecule has 2 heteroatoms. The zero-order valence-corrected chi connectivity index (χ0v) is 14.1. The number of hydrogen-bond acceptors (Lipinski definition) is 1. The molecule has 2 atom stereocenters. The lowest BCUT2D eigenvalue weighted by molar-refractivity contribution is 0.475. The Balaban J connectivity index is 1.82. The van der Waals surface area contributed by atoms with Crippen molar-refractivity contribution in [2.24, 2.45) is 5.73 Å². The fraction of sp³-hybridized carbons (Fsp3) is 0.368. The molecule has 0 saturated heterocycles. The topological polar surface area (TPSA) is 26.0 Å². The lowest BCUT2D eigenvalue weighted by atomic mass is 9.79. The first-order chi connectivity index (χ1) is 10.1. The average Bonchev–Trinajstić information content (AvgIpc) is 2.50. The van der Waals surface area contributed by atoms with E-state index in [0.717, 1.165) is 10.9 Å². The first-order valence-corrected chi connectivity index (χ1v) is 8.54. The fourth-order valence-electron chi connectivity index (χ4n) is 3.48. The maximum atomic E-state index is 6.52. The van der Waals surface area contributed by atoms with E-state index in [-0.39, 0.29) is 6.04 Å². The lowest BCUT2D eigenvalue weighted by Gasteiger charge is -2.28.